The number of para-hydroxylation sites is 1. The van der Waals surface area contributed by atoms with Crippen LogP contribution in [0.4, 0.5) is 17.1 Å². The molecule has 3 N–H and O–H groups in total. The molecule has 2 amide bonds. The number of nitrogens with one attached hydrogen (secondary N) is 3. The topological polar surface area (TPSA) is 123 Å². The predicted molar refractivity (Wildman–Crippen MR) is 106 cm³/mol. The number of amides is 2. The number of nitro benzene ring substituents is 1. The minimum absolute atomic E-state index is 0.107. The number of ether oxygens (including phenoxy) is 1. The quantitative estimate of drug-likeness (QED) is 0.345. The van der Waals surface area contributed by atoms with Gasteiger partial charge in [-0.05, 0) is 23.8 Å². The number of carbonyl (C=O) groups is 2. The van der Waals surface area contributed by atoms with Crippen molar-refractivity contribution in [2.75, 3.05) is 37.9 Å². The largest absolute Gasteiger partial charge is 0.383 e. The number of hydrogen-bond acceptors (Lipinski definition) is 6. The van der Waals surface area contributed by atoms with E-state index in [-0.39, 0.29) is 23.6 Å². The van der Waals surface area contributed by atoms with Crippen molar-refractivity contribution in [3.05, 3.63) is 63.7 Å². The van der Waals surface area contributed by atoms with E-state index >= 15 is 0 Å². The molecule has 0 unspecified atom stereocenters. The average Bonchev–Trinajstić information content (AvgIpc) is 2.69. The van der Waals surface area contributed by atoms with Gasteiger partial charge in [-0.1, -0.05) is 18.2 Å². The highest BCUT2D eigenvalue weighted by Crippen LogP contribution is 2.26. The van der Waals surface area contributed by atoms with Crippen LogP contribution < -0.4 is 16.0 Å². The fourth-order valence-electron chi connectivity index (χ4n) is 2.51. The van der Waals surface area contributed by atoms with Crippen LogP contribution in [-0.4, -0.2) is 44.0 Å². The molecule has 0 heterocycles. The minimum Gasteiger partial charge on any atom is -0.383 e. The van der Waals surface area contributed by atoms with Gasteiger partial charge in [0.1, 0.15) is 5.69 Å². The van der Waals surface area contributed by atoms with E-state index in [4.69, 9.17) is 4.74 Å². The van der Waals surface area contributed by atoms with Gasteiger partial charge in [-0.3, -0.25) is 19.7 Å². The Morgan fingerprint density at radius 1 is 1.14 bits per heavy atom. The monoisotopic (exact) mass is 386 g/mol. The lowest BCUT2D eigenvalue weighted by Gasteiger charge is -2.12. The highest BCUT2D eigenvalue weighted by atomic mass is 16.6. The Labute approximate surface area is 162 Å². The van der Waals surface area contributed by atoms with Crippen molar-refractivity contribution in [3.63, 3.8) is 0 Å². The first-order valence-corrected chi connectivity index (χ1v) is 8.57. The first-order chi connectivity index (χ1) is 13.5. The fraction of sp³-hybridized carbons (Fsp3) is 0.263. The van der Waals surface area contributed by atoms with Gasteiger partial charge in [0.05, 0.1) is 18.0 Å². The molecule has 0 aliphatic heterocycles. The second-order valence-corrected chi connectivity index (χ2v) is 5.87. The fourth-order valence-corrected chi connectivity index (χ4v) is 2.51. The van der Waals surface area contributed by atoms with Crippen molar-refractivity contribution in [2.24, 2.45) is 0 Å². The van der Waals surface area contributed by atoms with E-state index in [9.17, 15) is 19.7 Å². The Balaban J connectivity index is 2.22. The molecule has 0 aliphatic carbocycles. The molecule has 28 heavy (non-hydrogen) atoms. The maximum Gasteiger partial charge on any atom is 0.293 e. The van der Waals surface area contributed by atoms with Gasteiger partial charge in [0.15, 0.2) is 0 Å². The molecule has 9 heteroatoms. The van der Waals surface area contributed by atoms with Gasteiger partial charge in [-0.15, -0.1) is 0 Å². The molecule has 0 bridgehead atoms. The number of carbonyl (C=O) groups excluding carboxylic acids is 2. The van der Waals surface area contributed by atoms with Crippen molar-refractivity contribution in [3.8, 4) is 0 Å². The third-order valence-corrected chi connectivity index (χ3v) is 3.97. The molecule has 2 rings (SSSR count). The number of hydrogen-bond donors (Lipinski definition) is 3. The van der Waals surface area contributed by atoms with Crippen LogP contribution in [0.25, 0.3) is 0 Å². The van der Waals surface area contributed by atoms with E-state index in [2.05, 4.69) is 16.0 Å². The molecule has 0 saturated heterocycles. The summed E-state index contributed by atoms with van der Waals surface area (Å²) in [6.45, 7) is 0.789. The van der Waals surface area contributed by atoms with Gasteiger partial charge >= 0.3 is 0 Å². The standard InChI is InChI=1S/C19H22N4O5/c1-20-18(24)12-13-5-3-4-6-15(13)22-19(25)14-7-8-16(21-9-10-28-2)17(11-14)23(26)27/h3-8,11,21H,9-10,12H2,1-2H3,(H,20,24)(H,22,25). The second-order valence-electron chi connectivity index (χ2n) is 5.87. The van der Waals surface area contributed by atoms with E-state index in [1.807, 2.05) is 0 Å². The Morgan fingerprint density at radius 3 is 2.57 bits per heavy atom. The van der Waals surface area contributed by atoms with Gasteiger partial charge in [0, 0.05) is 38.0 Å². The maximum atomic E-state index is 12.6. The third kappa shape index (κ3) is 5.52. The first-order valence-electron chi connectivity index (χ1n) is 8.57. The van der Waals surface area contributed by atoms with Crippen molar-refractivity contribution < 1.29 is 19.2 Å². The van der Waals surface area contributed by atoms with Crippen molar-refractivity contribution in [1.29, 1.82) is 0 Å². The first kappa shape index (κ1) is 20.8. The molecule has 2 aromatic carbocycles. The molecule has 148 valence electrons. The highest BCUT2D eigenvalue weighted by Gasteiger charge is 2.18. The number of nitrogens with zero attached hydrogens (tertiary/aromatic N) is 1. The van der Waals surface area contributed by atoms with Gasteiger partial charge in [-0.25, -0.2) is 0 Å². The van der Waals surface area contributed by atoms with Crippen LogP contribution in [0.3, 0.4) is 0 Å². The number of anilines is 2. The van der Waals surface area contributed by atoms with E-state index in [0.717, 1.165) is 0 Å². The molecule has 0 saturated carbocycles. The molecule has 0 aromatic heterocycles. The van der Waals surface area contributed by atoms with E-state index in [1.54, 1.807) is 24.3 Å². The zero-order chi connectivity index (χ0) is 20.5. The van der Waals surface area contributed by atoms with Gasteiger partial charge in [0.25, 0.3) is 11.6 Å². The molecule has 0 fully saturated rings. The Kier molecular flexibility index (Phi) is 7.46. The summed E-state index contributed by atoms with van der Waals surface area (Å²) >= 11 is 0. The molecule has 9 nitrogen and oxygen atoms in total. The number of benzene rings is 2. The van der Waals surface area contributed by atoms with Crippen molar-refractivity contribution >= 4 is 28.9 Å². The summed E-state index contributed by atoms with van der Waals surface area (Å²) in [5.41, 5.74) is 1.35. The van der Waals surface area contributed by atoms with Crippen LogP contribution in [0.15, 0.2) is 42.5 Å². The lowest BCUT2D eigenvalue weighted by molar-refractivity contribution is -0.384. The number of nitro groups is 1. The van der Waals surface area contributed by atoms with Gasteiger partial charge in [0.2, 0.25) is 5.91 Å². The van der Waals surface area contributed by atoms with E-state index in [1.165, 1.54) is 32.4 Å². The number of methoxy groups -OCH3 is 1. The molecule has 0 spiro atoms. The number of likely N-dealkylation sites (N-methyl/N-ethyl adjacent to an activating group) is 1. The van der Waals surface area contributed by atoms with Crippen LogP contribution >= 0.6 is 0 Å². The van der Waals surface area contributed by atoms with E-state index in [0.29, 0.717) is 30.1 Å². The van der Waals surface area contributed by atoms with Crippen LogP contribution in [0.5, 0.6) is 0 Å². The van der Waals surface area contributed by atoms with Gasteiger partial charge in [-0.2, -0.15) is 0 Å². The van der Waals surface area contributed by atoms with E-state index < -0.39 is 10.8 Å². The highest BCUT2D eigenvalue weighted by molar-refractivity contribution is 6.05. The molecular weight excluding hydrogens is 364 g/mol. The summed E-state index contributed by atoms with van der Waals surface area (Å²) in [7, 11) is 3.07. The Bertz CT molecular complexity index is 869. The molecule has 2 aromatic rings. The molecule has 0 atom stereocenters. The minimum atomic E-state index is -0.550. The summed E-state index contributed by atoms with van der Waals surface area (Å²) in [5, 5.41) is 19.5. The average molecular weight is 386 g/mol. The van der Waals surface area contributed by atoms with Crippen molar-refractivity contribution in [2.45, 2.75) is 6.42 Å². The van der Waals surface area contributed by atoms with Crippen LogP contribution in [0.2, 0.25) is 0 Å². The smallest absolute Gasteiger partial charge is 0.293 e. The predicted octanol–water partition coefficient (Wildman–Crippen LogP) is 2.19. The Hall–Kier alpha value is -3.46. The lowest BCUT2D eigenvalue weighted by atomic mass is 10.1. The molecule has 0 aliphatic rings. The summed E-state index contributed by atoms with van der Waals surface area (Å²) in [4.78, 5) is 35.0. The molecular formula is C19H22N4O5. The summed E-state index contributed by atoms with van der Waals surface area (Å²) in [5.74, 6) is -0.695. The van der Waals surface area contributed by atoms with Gasteiger partial charge < -0.3 is 20.7 Å². The molecule has 0 radical (unpaired) electrons. The summed E-state index contributed by atoms with van der Waals surface area (Å²) < 4.78 is 4.91. The normalized spacial score (nSPS) is 10.2. The zero-order valence-corrected chi connectivity index (χ0v) is 15.7. The lowest BCUT2D eigenvalue weighted by Crippen LogP contribution is -2.21. The SMILES string of the molecule is CNC(=O)Cc1ccccc1NC(=O)c1ccc(NCCOC)c([N+](=O)[O-])c1. The second kappa shape index (κ2) is 10.0. The van der Waals surface area contributed by atoms with Crippen LogP contribution in [0, 0.1) is 10.1 Å². The third-order valence-electron chi connectivity index (χ3n) is 3.97. The zero-order valence-electron chi connectivity index (χ0n) is 15.7. The number of rotatable bonds is 9. The maximum absolute atomic E-state index is 12.6. The summed E-state index contributed by atoms with van der Waals surface area (Å²) in [6.07, 6.45) is 0.107. The van der Waals surface area contributed by atoms with Crippen molar-refractivity contribution in [1.82, 2.24) is 5.32 Å². The van der Waals surface area contributed by atoms with Crippen LogP contribution in [0.1, 0.15) is 15.9 Å². The Morgan fingerprint density at radius 2 is 1.89 bits per heavy atom. The van der Waals surface area contributed by atoms with Crippen LogP contribution in [-0.2, 0) is 16.0 Å². The summed E-state index contributed by atoms with van der Waals surface area (Å²) in [6, 6.07) is 11.1.